The van der Waals surface area contributed by atoms with Gasteiger partial charge in [-0.3, -0.25) is 19.9 Å². The number of hydrogen-bond donors (Lipinski definition) is 0. The van der Waals surface area contributed by atoms with Crippen molar-refractivity contribution < 1.29 is 4.92 Å². The van der Waals surface area contributed by atoms with Crippen molar-refractivity contribution >= 4 is 34.1 Å². The predicted octanol–water partition coefficient (Wildman–Crippen LogP) is 3.29. The van der Waals surface area contributed by atoms with Gasteiger partial charge in [0, 0.05) is 36.2 Å². The Morgan fingerprint density at radius 2 is 1.96 bits per heavy atom. The number of fused-ring (bicyclic) bond motifs is 1. The van der Waals surface area contributed by atoms with Crippen LogP contribution in [0.5, 0.6) is 0 Å². The number of aromatic nitrogens is 4. The Balaban J connectivity index is 1.70. The first-order valence-electron chi connectivity index (χ1n) is 7.84. The highest BCUT2D eigenvalue weighted by atomic mass is 32.1. The van der Waals surface area contributed by atoms with Crippen molar-refractivity contribution in [3.63, 3.8) is 0 Å². The lowest BCUT2D eigenvalue weighted by molar-refractivity contribution is -0.384. The van der Waals surface area contributed by atoms with Gasteiger partial charge in [0.2, 0.25) is 4.96 Å². The van der Waals surface area contributed by atoms with E-state index in [1.54, 1.807) is 30.6 Å². The summed E-state index contributed by atoms with van der Waals surface area (Å²) in [6.45, 7) is 0. The smallest absolute Gasteiger partial charge is 0.267 e. The average molecular weight is 377 g/mol. The van der Waals surface area contributed by atoms with Crippen molar-refractivity contribution in [2.75, 3.05) is 0 Å². The maximum absolute atomic E-state index is 12.3. The number of hydrogen-bond acceptors (Lipinski definition) is 7. The third kappa shape index (κ3) is 3.48. The summed E-state index contributed by atoms with van der Waals surface area (Å²) in [4.78, 5) is 31.6. The molecule has 1 aromatic carbocycles. The zero-order chi connectivity index (χ0) is 18.8. The van der Waals surface area contributed by atoms with Gasteiger partial charge in [0.15, 0.2) is 0 Å². The van der Waals surface area contributed by atoms with Crippen LogP contribution in [0.1, 0.15) is 11.3 Å². The fraction of sp³-hybridized carbons (Fsp3) is 0. The molecule has 0 radical (unpaired) electrons. The minimum absolute atomic E-state index is 0.00187. The molecular weight excluding hydrogens is 366 g/mol. The lowest BCUT2D eigenvalue weighted by Crippen LogP contribution is -2.14. The maximum Gasteiger partial charge on any atom is 0.275 e. The van der Waals surface area contributed by atoms with Crippen LogP contribution in [0.15, 0.2) is 59.7 Å². The Labute approximate surface area is 156 Å². The van der Waals surface area contributed by atoms with Gasteiger partial charge in [0.25, 0.3) is 11.2 Å². The molecule has 0 N–H and O–H groups in total. The molecule has 0 bridgehead atoms. The largest absolute Gasteiger partial charge is 0.275 e. The van der Waals surface area contributed by atoms with Crippen LogP contribution in [-0.4, -0.2) is 24.5 Å². The summed E-state index contributed by atoms with van der Waals surface area (Å²) < 4.78 is 1.23. The third-order valence-corrected chi connectivity index (χ3v) is 4.68. The van der Waals surface area contributed by atoms with E-state index in [9.17, 15) is 14.9 Å². The summed E-state index contributed by atoms with van der Waals surface area (Å²) in [6, 6.07) is 11.1. The molecule has 0 aliphatic rings. The highest BCUT2D eigenvalue weighted by Gasteiger charge is 2.11. The second-order valence-corrected chi connectivity index (χ2v) is 6.50. The normalized spacial score (nSPS) is 11.3. The van der Waals surface area contributed by atoms with Crippen LogP contribution >= 0.6 is 11.3 Å². The van der Waals surface area contributed by atoms with Gasteiger partial charge in [-0.2, -0.15) is 9.61 Å². The number of nitrogens with zero attached hydrogens (tertiary/aromatic N) is 5. The summed E-state index contributed by atoms with van der Waals surface area (Å²) in [5.74, 6) is 0. The molecule has 4 aromatic rings. The van der Waals surface area contributed by atoms with Gasteiger partial charge in [0.05, 0.1) is 10.6 Å². The molecule has 0 saturated carbocycles. The predicted molar refractivity (Wildman–Crippen MR) is 102 cm³/mol. The number of nitro groups is 1. The van der Waals surface area contributed by atoms with Gasteiger partial charge in [-0.1, -0.05) is 23.5 Å². The molecule has 0 atom stereocenters. The van der Waals surface area contributed by atoms with Crippen LogP contribution in [0, 0.1) is 10.1 Å². The van der Waals surface area contributed by atoms with E-state index in [0.29, 0.717) is 21.2 Å². The van der Waals surface area contributed by atoms with Gasteiger partial charge in [-0.05, 0) is 29.8 Å². The number of non-ortho nitro benzene ring substituents is 1. The molecule has 132 valence electrons. The summed E-state index contributed by atoms with van der Waals surface area (Å²) in [5, 5.41) is 15.6. The number of rotatable bonds is 4. The monoisotopic (exact) mass is 377 g/mol. The first-order valence-corrected chi connectivity index (χ1v) is 8.66. The molecule has 0 amide bonds. The average Bonchev–Trinajstić information content (AvgIpc) is 3.12. The van der Waals surface area contributed by atoms with Crippen molar-refractivity contribution in [3.8, 4) is 10.6 Å². The van der Waals surface area contributed by atoms with Crippen LogP contribution in [-0.2, 0) is 0 Å². The van der Waals surface area contributed by atoms with E-state index in [-0.39, 0.29) is 11.2 Å². The van der Waals surface area contributed by atoms with Gasteiger partial charge >= 0.3 is 0 Å². The second-order valence-electron chi connectivity index (χ2n) is 5.54. The Hall–Kier alpha value is -3.72. The van der Waals surface area contributed by atoms with Crippen LogP contribution in [0.2, 0.25) is 0 Å². The summed E-state index contributed by atoms with van der Waals surface area (Å²) in [7, 11) is 0. The Morgan fingerprint density at radius 1 is 1.15 bits per heavy atom. The van der Waals surface area contributed by atoms with Crippen molar-refractivity contribution in [3.05, 3.63) is 86.6 Å². The number of nitro benzene ring substituents is 1. The molecule has 27 heavy (non-hydrogen) atoms. The van der Waals surface area contributed by atoms with Crippen molar-refractivity contribution in [2.45, 2.75) is 0 Å². The number of pyridine rings is 1. The Kier molecular flexibility index (Phi) is 4.27. The molecule has 0 spiro atoms. The zero-order valence-electron chi connectivity index (χ0n) is 13.7. The van der Waals surface area contributed by atoms with E-state index >= 15 is 0 Å². The SMILES string of the molecule is O=c1cc(C=Cc2cccnc2)nc2sc(-c3ccc([N+](=O)[O-])cc3)nn12. The highest BCUT2D eigenvalue weighted by Crippen LogP contribution is 2.26. The van der Waals surface area contributed by atoms with Crippen molar-refractivity contribution in [1.29, 1.82) is 0 Å². The molecule has 0 unspecified atom stereocenters. The fourth-order valence-electron chi connectivity index (χ4n) is 2.41. The van der Waals surface area contributed by atoms with E-state index in [1.165, 1.54) is 34.1 Å². The fourth-order valence-corrected chi connectivity index (χ4v) is 3.33. The molecule has 0 aliphatic heterocycles. The lowest BCUT2D eigenvalue weighted by atomic mass is 10.2. The lowest BCUT2D eigenvalue weighted by Gasteiger charge is -1.94. The first kappa shape index (κ1) is 16.7. The van der Waals surface area contributed by atoms with Gasteiger partial charge in [-0.15, -0.1) is 0 Å². The molecule has 0 aliphatic carbocycles. The number of benzene rings is 1. The van der Waals surface area contributed by atoms with Crippen LogP contribution in [0.4, 0.5) is 5.69 Å². The summed E-state index contributed by atoms with van der Waals surface area (Å²) in [5.41, 5.74) is 1.80. The standard InChI is InChI=1S/C18H11N5O3S/c24-16-10-14(6-3-12-2-1-9-19-11-12)20-18-22(16)21-17(27-18)13-4-7-15(8-5-13)23(25)26/h1-11H. The van der Waals surface area contributed by atoms with E-state index in [2.05, 4.69) is 15.1 Å². The van der Waals surface area contributed by atoms with Gasteiger partial charge in [-0.25, -0.2) is 4.98 Å². The maximum atomic E-state index is 12.3. The minimum atomic E-state index is -0.463. The van der Waals surface area contributed by atoms with Gasteiger partial charge in [0.1, 0.15) is 5.01 Å². The quantitative estimate of drug-likeness (QED) is 0.399. The Morgan fingerprint density at radius 3 is 2.67 bits per heavy atom. The third-order valence-electron chi connectivity index (χ3n) is 3.72. The second kappa shape index (κ2) is 6.89. The van der Waals surface area contributed by atoms with Crippen molar-refractivity contribution in [1.82, 2.24) is 19.6 Å². The van der Waals surface area contributed by atoms with Crippen molar-refractivity contribution in [2.24, 2.45) is 0 Å². The molecule has 8 nitrogen and oxygen atoms in total. The Bertz CT molecular complexity index is 1210. The van der Waals surface area contributed by atoms with Crippen LogP contribution < -0.4 is 5.56 Å². The van der Waals surface area contributed by atoms with Gasteiger partial charge < -0.3 is 0 Å². The minimum Gasteiger partial charge on any atom is -0.267 e. The zero-order valence-corrected chi connectivity index (χ0v) is 14.5. The molecule has 3 aromatic heterocycles. The molecule has 4 rings (SSSR count). The van der Waals surface area contributed by atoms with Crippen LogP contribution in [0.3, 0.4) is 0 Å². The van der Waals surface area contributed by atoms with E-state index in [1.807, 2.05) is 18.2 Å². The molecule has 0 fully saturated rings. The van der Waals surface area contributed by atoms with E-state index in [4.69, 9.17) is 0 Å². The molecule has 9 heteroatoms. The van der Waals surface area contributed by atoms with E-state index < -0.39 is 4.92 Å². The highest BCUT2D eigenvalue weighted by molar-refractivity contribution is 7.19. The summed E-state index contributed by atoms with van der Waals surface area (Å²) in [6.07, 6.45) is 6.96. The van der Waals surface area contributed by atoms with Crippen LogP contribution in [0.25, 0.3) is 27.7 Å². The van der Waals surface area contributed by atoms with E-state index in [0.717, 1.165) is 5.56 Å². The summed E-state index contributed by atoms with van der Waals surface area (Å²) >= 11 is 1.24. The molecule has 0 saturated heterocycles. The molecular formula is C18H11N5O3S. The molecule has 3 heterocycles. The topological polar surface area (TPSA) is 103 Å². The first-order chi connectivity index (χ1) is 13.1.